The van der Waals surface area contributed by atoms with E-state index < -0.39 is 4.59 Å². The molecule has 0 spiro atoms. The first-order chi connectivity index (χ1) is 14.0. The van der Waals surface area contributed by atoms with Gasteiger partial charge in [0, 0.05) is 35.4 Å². The Balaban J connectivity index is 1.37. The zero-order valence-corrected chi connectivity index (χ0v) is 18.5. The van der Waals surface area contributed by atoms with Gasteiger partial charge in [-0.25, -0.2) is 9.97 Å². The van der Waals surface area contributed by atoms with Gasteiger partial charge >= 0.3 is 4.59 Å². The Morgan fingerprint density at radius 2 is 1.52 bits per heavy atom. The van der Waals surface area contributed by atoms with Crippen molar-refractivity contribution < 1.29 is 8.78 Å². The molecule has 4 rings (SSSR count). The van der Waals surface area contributed by atoms with Crippen molar-refractivity contribution in [1.29, 1.82) is 0 Å². The lowest BCUT2D eigenvalue weighted by Crippen LogP contribution is -2.20. The highest BCUT2D eigenvalue weighted by molar-refractivity contribution is 8.18. The Morgan fingerprint density at radius 1 is 0.897 bits per heavy atom. The van der Waals surface area contributed by atoms with Gasteiger partial charge in [-0.1, -0.05) is 67.6 Å². The molecule has 156 valence electrons. The van der Waals surface area contributed by atoms with E-state index in [9.17, 15) is 8.78 Å². The van der Waals surface area contributed by atoms with Crippen molar-refractivity contribution in [2.24, 2.45) is 5.92 Å². The van der Waals surface area contributed by atoms with Crippen molar-refractivity contribution in [2.45, 2.75) is 61.9 Å². The van der Waals surface area contributed by atoms with Crippen molar-refractivity contribution in [3.05, 3.63) is 47.8 Å². The van der Waals surface area contributed by atoms with Gasteiger partial charge in [-0.15, -0.1) is 0 Å². The van der Waals surface area contributed by atoms with Crippen molar-refractivity contribution in [3.8, 4) is 11.4 Å². The fourth-order valence-electron chi connectivity index (χ4n) is 4.47. The third-order valence-corrected chi connectivity index (χ3v) is 8.75. The predicted octanol–water partition coefficient (Wildman–Crippen LogP) is 7.33. The summed E-state index contributed by atoms with van der Waals surface area (Å²) in [6, 6.07) is 8.11. The van der Waals surface area contributed by atoms with Gasteiger partial charge in [-0.3, -0.25) is 0 Å². The van der Waals surface area contributed by atoms with Gasteiger partial charge in [0.2, 0.25) is 0 Å². The van der Waals surface area contributed by atoms with Gasteiger partial charge < -0.3 is 0 Å². The van der Waals surface area contributed by atoms with Crippen LogP contribution in [0.15, 0.2) is 36.7 Å². The first kappa shape index (κ1) is 21.1. The molecule has 1 saturated heterocycles. The van der Waals surface area contributed by atoms with Gasteiger partial charge in [-0.05, 0) is 48.6 Å². The number of hydrogen-bond donors (Lipinski definition) is 0. The summed E-state index contributed by atoms with van der Waals surface area (Å²) in [4.78, 5) is 9.24. The summed E-state index contributed by atoms with van der Waals surface area (Å²) in [5.74, 6) is 3.33. The second kappa shape index (κ2) is 9.34. The molecular weight excluding hydrogens is 406 g/mol. The quantitative estimate of drug-likeness (QED) is 0.492. The van der Waals surface area contributed by atoms with E-state index in [1.807, 2.05) is 36.7 Å². The highest BCUT2D eigenvalue weighted by Gasteiger charge is 2.37. The van der Waals surface area contributed by atoms with E-state index in [-0.39, 0.29) is 5.92 Å². The third-order valence-electron chi connectivity index (χ3n) is 6.23. The number of alkyl halides is 2. The lowest BCUT2D eigenvalue weighted by atomic mass is 9.78. The van der Waals surface area contributed by atoms with Crippen LogP contribution in [0.4, 0.5) is 8.78 Å². The lowest BCUT2D eigenvalue weighted by Gasteiger charge is -2.28. The Hall–Kier alpha value is -1.14. The molecule has 2 aromatic rings. The number of rotatable bonds is 5. The molecule has 1 aromatic heterocycles. The van der Waals surface area contributed by atoms with Crippen LogP contribution in [0.5, 0.6) is 0 Å². The maximum Gasteiger partial charge on any atom is 0.341 e. The molecule has 0 amide bonds. The van der Waals surface area contributed by atoms with Crippen LogP contribution in [0.25, 0.3) is 11.4 Å². The lowest BCUT2D eigenvalue weighted by molar-refractivity contribution is 0.210. The summed E-state index contributed by atoms with van der Waals surface area (Å²) in [5, 5.41) is 0. The van der Waals surface area contributed by atoms with E-state index in [0.717, 1.165) is 46.4 Å². The number of aromatic nitrogens is 2. The third kappa shape index (κ3) is 5.32. The van der Waals surface area contributed by atoms with Crippen molar-refractivity contribution in [3.63, 3.8) is 0 Å². The van der Waals surface area contributed by atoms with E-state index in [0.29, 0.717) is 17.4 Å². The maximum absolute atomic E-state index is 13.3. The van der Waals surface area contributed by atoms with Gasteiger partial charge in [0.15, 0.2) is 5.82 Å². The molecule has 29 heavy (non-hydrogen) atoms. The summed E-state index contributed by atoms with van der Waals surface area (Å²) < 4.78 is 24.0. The molecule has 6 heteroatoms. The summed E-state index contributed by atoms with van der Waals surface area (Å²) in [7, 11) is 0. The zero-order valence-electron chi connectivity index (χ0n) is 16.8. The fourth-order valence-corrected chi connectivity index (χ4v) is 6.77. The highest BCUT2D eigenvalue weighted by Crippen LogP contribution is 2.48. The Kier molecular flexibility index (Phi) is 6.80. The summed E-state index contributed by atoms with van der Waals surface area (Å²) in [6.45, 7) is 2.27. The normalized spacial score (nSPS) is 25.1. The van der Waals surface area contributed by atoms with Gasteiger partial charge in [0.05, 0.1) is 0 Å². The van der Waals surface area contributed by atoms with Gasteiger partial charge in [0.25, 0.3) is 0 Å². The van der Waals surface area contributed by atoms with Gasteiger partial charge in [0.1, 0.15) is 0 Å². The fraction of sp³-hybridized carbons (Fsp3) is 0.565. The minimum absolute atomic E-state index is 0.171. The summed E-state index contributed by atoms with van der Waals surface area (Å²) >= 11 is 1.49. The second-order valence-corrected chi connectivity index (χ2v) is 10.8. The summed E-state index contributed by atoms with van der Waals surface area (Å²) in [5.41, 5.74) is 3.36. The van der Waals surface area contributed by atoms with Crippen LogP contribution in [0.3, 0.4) is 0 Å². The molecule has 0 bridgehead atoms. The molecule has 1 aliphatic heterocycles. The van der Waals surface area contributed by atoms with Crippen LogP contribution in [-0.2, 0) is 0 Å². The average molecular weight is 435 g/mol. The number of thioether (sulfide) groups is 2. The van der Waals surface area contributed by atoms with E-state index in [2.05, 4.69) is 16.9 Å². The molecule has 0 atom stereocenters. The Morgan fingerprint density at radius 3 is 2.10 bits per heavy atom. The van der Waals surface area contributed by atoms with Crippen LogP contribution >= 0.6 is 23.5 Å². The number of halogens is 2. The van der Waals surface area contributed by atoms with Crippen LogP contribution in [-0.4, -0.2) is 26.1 Å². The zero-order chi connectivity index (χ0) is 20.3. The molecule has 2 nitrogen and oxygen atoms in total. The SMILES string of the molecule is CCCC1CCC(c2cnc(-c3ccc(C4CSC(F)(F)SC4)cc3)nc2)CC1. The second-order valence-electron chi connectivity index (χ2n) is 8.25. The monoisotopic (exact) mass is 434 g/mol. The van der Waals surface area contributed by atoms with Crippen molar-refractivity contribution in [2.75, 3.05) is 11.5 Å². The van der Waals surface area contributed by atoms with Crippen molar-refractivity contribution >= 4 is 23.5 Å². The molecule has 1 saturated carbocycles. The molecule has 0 radical (unpaired) electrons. The standard InChI is InChI=1S/C23H28F2N2S2/c1-2-3-16-4-6-17(7-5-16)20-12-26-22(27-13-20)19-10-8-18(9-11-19)21-14-28-23(24,25)29-15-21/h8-13,16-17,21H,2-7,14-15H2,1H3. The van der Waals surface area contributed by atoms with Crippen LogP contribution in [0.2, 0.25) is 0 Å². The smallest absolute Gasteiger partial charge is 0.236 e. The van der Waals surface area contributed by atoms with E-state index >= 15 is 0 Å². The molecule has 0 N–H and O–H groups in total. The molecule has 2 heterocycles. The van der Waals surface area contributed by atoms with E-state index in [1.165, 1.54) is 44.1 Å². The first-order valence-corrected chi connectivity index (χ1v) is 12.6. The van der Waals surface area contributed by atoms with Crippen molar-refractivity contribution in [1.82, 2.24) is 9.97 Å². The molecule has 2 fully saturated rings. The molecular formula is C23H28F2N2S2. The molecule has 2 aliphatic rings. The first-order valence-electron chi connectivity index (χ1n) is 10.6. The van der Waals surface area contributed by atoms with Crippen LogP contribution in [0.1, 0.15) is 68.4 Å². The van der Waals surface area contributed by atoms with Crippen LogP contribution < -0.4 is 0 Å². The maximum atomic E-state index is 13.3. The van der Waals surface area contributed by atoms with Gasteiger partial charge in [-0.2, -0.15) is 8.78 Å². The molecule has 0 unspecified atom stereocenters. The number of nitrogens with zero attached hydrogens (tertiary/aromatic N) is 2. The van der Waals surface area contributed by atoms with E-state index in [1.54, 1.807) is 0 Å². The highest BCUT2D eigenvalue weighted by atomic mass is 32.2. The Bertz CT molecular complexity index is 778. The number of benzene rings is 1. The van der Waals surface area contributed by atoms with E-state index in [4.69, 9.17) is 0 Å². The summed E-state index contributed by atoms with van der Waals surface area (Å²) in [6.07, 6.45) is 11.8. The topological polar surface area (TPSA) is 25.8 Å². The average Bonchev–Trinajstić information content (AvgIpc) is 2.75. The largest absolute Gasteiger partial charge is 0.341 e. The molecule has 1 aliphatic carbocycles. The van der Waals surface area contributed by atoms with Crippen LogP contribution in [0, 0.1) is 5.92 Å². The Labute approximate surface area is 180 Å². The minimum Gasteiger partial charge on any atom is -0.236 e. The molecule has 1 aromatic carbocycles. The minimum atomic E-state index is -2.64. The predicted molar refractivity (Wildman–Crippen MR) is 120 cm³/mol. The number of hydrogen-bond acceptors (Lipinski definition) is 4.